The molecule has 2 aromatic carbocycles. The highest BCUT2D eigenvalue weighted by Gasteiger charge is 2.10. The molecule has 0 aliphatic carbocycles. The van der Waals surface area contributed by atoms with Crippen molar-refractivity contribution in [2.45, 2.75) is 20.3 Å². The summed E-state index contributed by atoms with van der Waals surface area (Å²) in [6.07, 6.45) is 11.6. The van der Waals surface area contributed by atoms with Crippen molar-refractivity contribution in [3.05, 3.63) is 78.4 Å². The molecule has 3 aromatic rings. The highest BCUT2D eigenvalue weighted by Crippen LogP contribution is 2.38. The van der Waals surface area contributed by atoms with Crippen molar-refractivity contribution in [1.29, 1.82) is 0 Å². The van der Waals surface area contributed by atoms with Crippen LogP contribution in [0.2, 0.25) is 0 Å². The molecule has 0 aliphatic heterocycles. The predicted octanol–water partition coefficient (Wildman–Crippen LogP) is 6.98. The van der Waals surface area contributed by atoms with Crippen molar-refractivity contribution in [1.82, 2.24) is 0 Å². The maximum atomic E-state index is 2.25. The molecule has 0 fully saturated rings. The molecule has 0 bridgehead atoms. The van der Waals surface area contributed by atoms with Crippen LogP contribution in [0.1, 0.15) is 25.8 Å². The quantitative estimate of drug-likeness (QED) is 0.456. The van der Waals surface area contributed by atoms with Gasteiger partial charge in [0.2, 0.25) is 0 Å². The largest absolute Gasteiger partial charge is 0.135 e. The second-order valence-corrected chi connectivity index (χ2v) is 6.29. The molecule has 0 saturated heterocycles. The zero-order chi connectivity index (χ0) is 15.4. The Balaban J connectivity index is 2.17. The van der Waals surface area contributed by atoms with Crippen LogP contribution >= 0.6 is 11.3 Å². The third kappa shape index (κ3) is 2.77. The average molecular weight is 304 g/mol. The van der Waals surface area contributed by atoms with Gasteiger partial charge in [-0.25, -0.2) is 0 Å². The fourth-order valence-electron chi connectivity index (χ4n) is 2.75. The van der Waals surface area contributed by atoms with Crippen molar-refractivity contribution < 1.29 is 0 Å². The van der Waals surface area contributed by atoms with Gasteiger partial charge in [0.1, 0.15) is 0 Å². The first kappa shape index (κ1) is 14.8. The summed E-state index contributed by atoms with van der Waals surface area (Å²) in [6.45, 7) is 4.26. The number of benzene rings is 2. The summed E-state index contributed by atoms with van der Waals surface area (Å²) >= 11 is 1.90. The van der Waals surface area contributed by atoms with Crippen LogP contribution in [-0.2, 0) is 0 Å². The Morgan fingerprint density at radius 2 is 1.77 bits per heavy atom. The van der Waals surface area contributed by atoms with E-state index in [1.807, 2.05) is 24.3 Å². The second kappa shape index (κ2) is 6.76. The predicted molar refractivity (Wildman–Crippen MR) is 102 cm³/mol. The number of fused-ring (bicyclic) bond motifs is 3. The van der Waals surface area contributed by atoms with Crippen LogP contribution in [0.4, 0.5) is 0 Å². The van der Waals surface area contributed by atoms with Gasteiger partial charge in [0.15, 0.2) is 0 Å². The van der Waals surface area contributed by atoms with E-state index in [1.54, 1.807) is 0 Å². The summed E-state index contributed by atoms with van der Waals surface area (Å²) in [5.41, 5.74) is 2.75. The summed E-state index contributed by atoms with van der Waals surface area (Å²) < 4.78 is 2.76. The molecule has 0 amide bonds. The van der Waals surface area contributed by atoms with E-state index in [9.17, 15) is 0 Å². The zero-order valence-corrected chi connectivity index (χ0v) is 13.9. The molecule has 0 atom stereocenters. The van der Waals surface area contributed by atoms with E-state index < -0.39 is 0 Å². The fraction of sp³-hybridized carbons (Fsp3) is 0.143. The normalized spacial score (nSPS) is 13.1. The van der Waals surface area contributed by atoms with Gasteiger partial charge in [-0.2, -0.15) is 0 Å². The molecule has 0 aliphatic rings. The van der Waals surface area contributed by atoms with Gasteiger partial charge in [-0.1, -0.05) is 73.7 Å². The summed E-state index contributed by atoms with van der Waals surface area (Å²) in [5, 5.41) is 2.74. The molecule has 1 aromatic heterocycles. The van der Waals surface area contributed by atoms with Crippen LogP contribution < -0.4 is 0 Å². The van der Waals surface area contributed by atoms with Crippen LogP contribution in [0.5, 0.6) is 0 Å². The van der Waals surface area contributed by atoms with Crippen molar-refractivity contribution >= 4 is 37.1 Å². The minimum atomic E-state index is 1.04. The van der Waals surface area contributed by atoms with E-state index in [0.29, 0.717) is 0 Å². The molecular weight excluding hydrogens is 284 g/mol. The molecule has 0 spiro atoms. The molecule has 3 rings (SSSR count). The van der Waals surface area contributed by atoms with Crippen molar-refractivity contribution in [3.8, 4) is 0 Å². The van der Waals surface area contributed by atoms with Crippen molar-refractivity contribution in [3.63, 3.8) is 0 Å². The summed E-state index contributed by atoms with van der Waals surface area (Å²) in [4.78, 5) is 0. The Labute approximate surface area is 136 Å². The van der Waals surface area contributed by atoms with Crippen LogP contribution in [0.25, 0.3) is 25.7 Å². The third-order valence-corrected chi connectivity index (χ3v) is 5.06. The lowest BCUT2D eigenvalue weighted by molar-refractivity contribution is 1.25. The van der Waals surface area contributed by atoms with Gasteiger partial charge >= 0.3 is 0 Å². The first-order valence-corrected chi connectivity index (χ1v) is 8.56. The first-order chi connectivity index (χ1) is 10.8. The molecule has 0 saturated carbocycles. The number of hydrogen-bond donors (Lipinski definition) is 0. The molecule has 0 radical (unpaired) electrons. The van der Waals surface area contributed by atoms with Crippen LogP contribution in [-0.4, -0.2) is 0 Å². The van der Waals surface area contributed by atoms with E-state index in [4.69, 9.17) is 0 Å². The highest BCUT2D eigenvalue weighted by molar-refractivity contribution is 7.26. The first-order valence-electron chi connectivity index (χ1n) is 7.74. The topological polar surface area (TPSA) is 0 Å². The molecule has 0 unspecified atom stereocenters. The summed E-state index contributed by atoms with van der Waals surface area (Å²) in [6, 6.07) is 15.3. The molecule has 0 nitrogen and oxygen atoms in total. The van der Waals surface area contributed by atoms with E-state index in [2.05, 4.69) is 73.7 Å². The molecular formula is C21H20S. The van der Waals surface area contributed by atoms with Gasteiger partial charge in [-0.05, 0) is 30.5 Å². The summed E-state index contributed by atoms with van der Waals surface area (Å²) in [7, 11) is 0. The zero-order valence-electron chi connectivity index (χ0n) is 13.0. The van der Waals surface area contributed by atoms with Gasteiger partial charge in [-0.3, -0.25) is 0 Å². The minimum Gasteiger partial charge on any atom is -0.135 e. The minimum absolute atomic E-state index is 1.04. The Morgan fingerprint density at radius 1 is 0.955 bits per heavy atom. The highest BCUT2D eigenvalue weighted by atomic mass is 32.1. The SMILES string of the molecule is C\C=C/C=C\C=C(/CC)c1cccc2c1sc1ccccc12. The fourth-order valence-corrected chi connectivity index (χ4v) is 4.00. The molecule has 1 heterocycles. The monoisotopic (exact) mass is 304 g/mol. The van der Waals surface area contributed by atoms with Crippen molar-refractivity contribution in [2.24, 2.45) is 0 Å². The maximum Gasteiger partial charge on any atom is 0.0430 e. The third-order valence-electron chi connectivity index (χ3n) is 3.84. The van der Waals surface area contributed by atoms with Gasteiger partial charge < -0.3 is 0 Å². The van der Waals surface area contributed by atoms with Gasteiger partial charge in [0, 0.05) is 20.2 Å². The maximum absolute atomic E-state index is 2.25. The number of rotatable bonds is 4. The molecule has 22 heavy (non-hydrogen) atoms. The van der Waals surface area contributed by atoms with Gasteiger partial charge in [0.25, 0.3) is 0 Å². The Bertz CT molecular complexity index is 875. The Kier molecular flexibility index (Phi) is 4.55. The number of allylic oxidation sites excluding steroid dienone is 6. The Morgan fingerprint density at radius 3 is 2.59 bits per heavy atom. The van der Waals surface area contributed by atoms with Crippen LogP contribution in [0, 0.1) is 0 Å². The van der Waals surface area contributed by atoms with E-state index in [0.717, 1.165) is 6.42 Å². The molecule has 1 heteroatoms. The average Bonchev–Trinajstić information content (AvgIpc) is 2.94. The van der Waals surface area contributed by atoms with Crippen molar-refractivity contribution in [2.75, 3.05) is 0 Å². The lowest BCUT2D eigenvalue weighted by Crippen LogP contribution is -1.82. The molecule has 0 N–H and O–H groups in total. The van der Waals surface area contributed by atoms with E-state index >= 15 is 0 Å². The van der Waals surface area contributed by atoms with E-state index in [-0.39, 0.29) is 0 Å². The van der Waals surface area contributed by atoms with E-state index in [1.165, 1.54) is 31.3 Å². The summed E-state index contributed by atoms with van der Waals surface area (Å²) in [5.74, 6) is 0. The lowest BCUT2D eigenvalue weighted by atomic mass is 10.0. The smallest absolute Gasteiger partial charge is 0.0430 e. The Hall–Kier alpha value is -2.12. The van der Waals surface area contributed by atoms with Crippen LogP contribution in [0.3, 0.4) is 0 Å². The standard InChI is InChI=1S/C21H20S/c1-3-5-6-7-11-16(4-2)17-13-10-14-19-18-12-8-9-15-20(18)22-21(17)19/h3,5-15H,4H2,1-2H3/b5-3-,7-6-,16-11+. The second-order valence-electron chi connectivity index (χ2n) is 5.24. The van der Waals surface area contributed by atoms with Crippen LogP contribution in [0.15, 0.2) is 72.8 Å². The number of thiophene rings is 1. The molecule has 110 valence electrons. The van der Waals surface area contributed by atoms with Gasteiger partial charge in [0.05, 0.1) is 0 Å². The number of hydrogen-bond acceptors (Lipinski definition) is 1. The van der Waals surface area contributed by atoms with Gasteiger partial charge in [-0.15, -0.1) is 11.3 Å². The lowest BCUT2D eigenvalue weighted by Gasteiger charge is -2.05.